The first-order valence-corrected chi connectivity index (χ1v) is 10.9. The Morgan fingerprint density at radius 2 is 1.76 bits per heavy atom. The lowest BCUT2D eigenvalue weighted by Crippen LogP contribution is -2.48. The Labute approximate surface area is 195 Å². The van der Waals surface area contributed by atoms with Crippen molar-refractivity contribution < 1.29 is 18.4 Å². The van der Waals surface area contributed by atoms with E-state index in [1.54, 1.807) is 19.1 Å². The molecule has 2 atom stereocenters. The van der Waals surface area contributed by atoms with E-state index in [0.717, 1.165) is 12.3 Å². The number of hydrogen-bond donors (Lipinski definition) is 2. The van der Waals surface area contributed by atoms with Crippen molar-refractivity contribution in [1.82, 2.24) is 15.2 Å². The van der Waals surface area contributed by atoms with Gasteiger partial charge in [-0.25, -0.2) is 8.78 Å². The van der Waals surface area contributed by atoms with Gasteiger partial charge in [-0.05, 0) is 43.9 Å². The number of aromatic nitrogens is 1. The Morgan fingerprint density at radius 3 is 2.27 bits per heavy atom. The highest BCUT2D eigenvalue weighted by atomic mass is 19.1. The molecule has 1 aromatic heterocycles. The number of nitrogens with zero attached hydrogens (tertiary/aromatic N) is 2. The molecule has 33 heavy (non-hydrogen) atoms. The van der Waals surface area contributed by atoms with E-state index in [9.17, 15) is 18.4 Å². The summed E-state index contributed by atoms with van der Waals surface area (Å²) >= 11 is 0. The van der Waals surface area contributed by atoms with Gasteiger partial charge in [-0.15, -0.1) is 0 Å². The minimum atomic E-state index is -0.665. The van der Waals surface area contributed by atoms with Gasteiger partial charge in [0.25, 0.3) is 0 Å². The summed E-state index contributed by atoms with van der Waals surface area (Å²) in [5.74, 6) is -1.01. The van der Waals surface area contributed by atoms with Gasteiger partial charge in [-0.2, -0.15) is 0 Å². The Morgan fingerprint density at radius 1 is 1.15 bits per heavy atom. The van der Waals surface area contributed by atoms with Crippen LogP contribution < -0.4 is 11.1 Å². The number of hydrogen-bond acceptors (Lipinski definition) is 4. The zero-order chi connectivity index (χ0) is 23.8. The molecule has 0 bridgehead atoms. The van der Waals surface area contributed by atoms with Crippen LogP contribution in [0.3, 0.4) is 0 Å². The van der Waals surface area contributed by atoms with Crippen molar-refractivity contribution in [2.45, 2.75) is 60.0 Å². The van der Waals surface area contributed by atoms with Crippen LogP contribution in [0.15, 0.2) is 36.5 Å². The number of nitrogens with two attached hydrogens (primary N) is 1. The van der Waals surface area contributed by atoms with Crippen LogP contribution in [0.25, 0.3) is 11.1 Å². The molecule has 3 rings (SSSR count). The molecule has 0 aliphatic carbocycles. The van der Waals surface area contributed by atoms with Crippen molar-refractivity contribution >= 4 is 11.8 Å². The monoisotopic (exact) mass is 462 g/mol. The van der Waals surface area contributed by atoms with Crippen molar-refractivity contribution in [3.8, 4) is 11.1 Å². The topological polar surface area (TPSA) is 88.3 Å². The zero-order valence-corrected chi connectivity index (χ0v) is 19.1. The quantitative estimate of drug-likeness (QED) is 0.687. The summed E-state index contributed by atoms with van der Waals surface area (Å²) in [5, 5.41) is 2.84. The molecule has 0 saturated carbocycles. The molecular formula is C25H36F2N4O2. The van der Waals surface area contributed by atoms with Crippen LogP contribution >= 0.6 is 0 Å². The fourth-order valence-electron chi connectivity index (χ4n) is 3.42. The first-order chi connectivity index (χ1) is 15.1. The molecule has 0 radical (unpaired) electrons. The number of benzene rings is 1. The second-order valence-corrected chi connectivity index (χ2v) is 8.48. The molecule has 182 valence electrons. The summed E-state index contributed by atoms with van der Waals surface area (Å²) in [7, 11) is 0. The number of halogens is 2. The third-order valence-corrected chi connectivity index (χ3v) is 4.89. The molecular weight excluding hydrogens is 426 g/mol. The standard InChI is InChI=1S/C20H22F2N4O2.C4H10.CH4/c1-12(25-20(28)17-6-3-9-26(17)18(27)10-23)16-8-7-13(11-24-16)19-14(21)4-2-5-15(19)22;1-4(2)3;/h2,4-5,7-8,11-12,17H,3,6,9-10,23H2,1H3,(H,25,28);4H,1-3H3;1H4. The summed E-state index contributed by atoms with van der Waals surface area (Å²) < 4.78 is 27.8. The van der Waals surface area contributed by atoms with E-state index in [-0.39, 0.29) is 31.3 Å². The van der Waals surface area contributed by atoms with Crippen molar-refractivity contribution in [3.05, 3.63) is 53.9 Å². The van der Waals surface area contributed by atoms with Crippen LogP contribution in [-0.4, -0.2) is 40.8 Å². The van der Waals surface area contributed by atoms with Gasteiger partial charge >= 0.3 is 0 Å². The highest BCUT2D eigenvalue weighted by Gasteiger charge is 2.34. The molecule has 1 aliphatic heterocycles. The zero-order valence-electron chi connectivity index (χ0n) is 19.1. The van der Waals surface area contributed by atoms with Gasteiger partial charge in [0.2, 0.25) is 11.8 Å². The normalized spacial score (nSPS) is 15.9. The Bertz CT molecular complexity index is 896. The molecule has 2 heterocycles. The highest BCUT2D eigenvalue weighted by Crippen LogP contribution is 2.26. The van der Waals surface area contributed by atoms with Crippen LogP contribution in [0.4, 0.5) is 8.78 Å². The molecule has 2 amide bonds. The van der Waals surface area contributed by atoms with Crippen molar-refractivity contribution in [1.29, 1.82) is 0 Å². The molecule has 1 saturated heterocycles. The van der Waals surface area contributed by atoms with Gasteiger partial charge in [-0.1, -0.05) is 40.3 Å². The molecule has 3 N–H and O–H groups in total. The summed E-state index contributed by atoms with van der Waals surface area (Å²) in [6, 6.07) is 5.88. The second kappa shape index (κ2) is 13.0. The van der Waals surface area contributed by atoms with Crippen LogP contribution in [-0.2, 0) is 9.59 Å². The fourth-order valence-corrected chi connectivity index (χ4v) is 3.42. The number of likely N-dealkylation sites (tertiary alicyclic amines) is 1. The summed E-state index contributed by atoms with van der Waals surface area (Å²) in [6.45, 7) is 8.65. The Hall–Kier alpha value is -2.87. The molecule has 8 heteroatoms. The molecule has 2 aromatic rings. The van der Waals surface area contributed by atoms with Gasteiger partial charge in [0.1, 0.15) is 17.7 Å². The minimum Gasteiger partial charge on any atom is -0.346 e. The Balaban J connectivity index is 0.00000101. The summed E-state index contributed by atoms with van der Waals surface area (Å²) in [5.41, 5.74) is 6.12. The predicted octanol–water partition coefficient (Wildman–Crippen LogP) is 4.45. The molecule has 2 unspecified atom stereocenters. The number of rotatable bonds is 5. The van der Waals surface area contributed by atoms with Gasteiger partial charge in [-0.3, -0.25) is 14.6 Å². The lowest BCUT2D eigenvalue weighted by atomic mass is 10.1. The van der Waals surface area contributed by atoms with Crippen LogP contribution in [0.2, 0.25) is 0 Å². The van der Waals surface area contributed by atoms with E-state index < -0.39 is 23.7 Å². The maximum absolute atomic E-state index is 13.9. The van der Waals surface area contributed by atoms with Crippen molar-refractivity contribution in [2.24, 2.45) is 11.7 Å². The number of nitrogens with one attached hydrogen (secondary N) is 1. The first kappa shape index (κ1) is 28.2. The molecule has 1 aliphatic rings. The van der Waals surface area contributed by atoms with E-state index in [1.165, 1.54) is 29.3 Å². The number of carbonyl (C=O) groups is 2. The minimum absolute atomic E-state index is 0. The fraction of sp³-hybridized carbons (Fsp3) is 0.480. The number of amides is 2. The van der Waals surface area contributed by atoms with E-state index in [4.69, 9.17) is 5.73 Å². The lowest BCUT2D eigenvalue weighted by molar-refractivity contribution is -0.137. The van der Waals surface area contributed by atoms with E-state index >= 15 is 0 Å². The maximum Gasteiger partial charge on any atom is 0.243 e. The molecule has 1 aromatic carbocycles. The SMILES string of the molecule is C.CC(C)C.CC(NC(=O)C1CCCN1C(=O)CN)c1ccc(-c2c(F)cccc2F)cn1. The van der Waals surface area contributed by atoms with Crippen LogP contribution in [0, 0.1) is 17.6 Å². The summed E-state index contributed by atoms with van der Waals surface area (Å²) in [6.07, 6.45) is 2.71. The number of carbonyl (C=O) groups excluding carboxylic acids is 2. The lowest BCUT2D eigenvalue weighted by Gasteiger charge is -2.25. The summed E-state index contributed by atoms with van der Waals surface area (Å²) in [4.78, 5) is 30.2. The van der Waals surface area contributed by atoms with Gasteiger partial charge in [0, 0.05) is 18.3 Å². The van der Waals surface area contributed by atoms with Crippen molar-refractivity contribution in [3.63, 3.8) is 0 Å². The largest absolute Gasteiger partial charge is 0.346 e. The Kier molecular flexibility index (Phi) is 11.1. The van der Waals surface area contributed by atoms with Gasteiger partial charge in [0.05, 0.1) is 23.8 Å². The van der Waals surface area contributed by atoms with E-state index in [0.29, 0.717) is 24.2 Å². The van der Waals surface area contributed by atoms with Gasteiger partial charge in [0.15, 0.2) is 0 Å². The van der Waals surface area contributed by atoms with Crippen LogP contribution in [0.1, 0.15) is 59.7 Å². The predicted molar refractivity (Wildman–Crippen MR) is 127 cm³/mol. The second-order valence-electron chi connectivity index (χ2n) is 8.48. The molecule has 0 spiro atoms. The smallest absolute Gasteiger partial charge is 0.243 e. The van der Waals surface area contributed by atoms with E-state index in [2.05, 4.69) is 31.1 Å². The average molecular weight is 463 g/mol. The number of pyridine rings is 1. The van der Waals surface area contributed by atoms with Crippen molar-refractivity contribution in [2.75, 3.05) is 13.1 Å². The van der Waals surface area contributed by atoms with Crippen LogP contribution in [0.5, 0.6) is 0 Å². The molecule has 1 fully saturated rings. The first-order valence-electron chi connectivity index (χ1n) is 10.9. The van der Waals surface area contributed by atoms with Gasteiger partial charge < -0.3 is 16.0 Å². The third-order valence-electron chi connectivity index (χ3n) is 4.89. The third kappa shape index (κ3) is 7.60. The average Bonchev–Trinajstić information content (AvgIpc) is 3.23. The molecule has 6 nitrogen and oxygen atoms in total. The highest BCUT2D eigenvalue weighted by molar-refractivity contribution is 5.89. The maximum atomic E-state index is 13.9. The van der Waals surface area contributed by atoms with E-state index in [1.807, 2.05) is 0 Å².